The molecule has 178 valence electrons. The molecule has 9 heteroatoms. The van der Waals surface area contributed by atoms with Gasteiger partial charge in [0.05, 0.1) is 12.7 Å². The molecule has 0 heterocycles. The summed E-state index contributed by atoms with van der Waals surface area (Å²) in [6.45, 7) is 1.62. The van der Waals surface area contributed by atoms with E-state index in [4.69, 9.17) is 4.74 Å². The highest BCUT2D eigenvalue weighted by Gasteiger charge is 2.29. The Hall–Kier alpha value is -2.91. The quantitative estimate of drug-likeness (QED) is 0.159. The summed E-state index contributed by atoms with van der Waals surface area (Å²) in [6, 6.07) is 16.3. The number of benzene rings is 3. The largest absolute Gasteiger partial charge is 0.481 e. The van der Waals surface area contributed by atoms with Crippen LogP contribution in [-0.4, -0.2) is 31.7 Å². The third kappa shape index (κ3) is 6.80. The Morgan fingerprint density at radius 3 is 2.38 bits per heavy atom. The number of allylic oxidation sites excluding steroid dienone is 1. The van der Waals surface area contributed by atoms with Crippen molar-refractivity contribution in [3.8, 4) is 5.75 Å². The first kappa shape index (κ1) is 25.7. The number of hydrogen-bond acceptors (Lipinski definition) is 6. The maximum Gasteiger partial charge on any atom is 0.416 e. The average Bonchev–Trinajstić information content (AvgIpc) is 2.84. The van der Waals surface area contributed by atoms with E-state index < -0.39 is 17.7 Å². The molecule has 0 amide bonds. The lowest BCUT2D eigenvalue weighted by Gasteiger charge is -2.12. The predicted molar refractivity (Wildman–Crippen MR) is 133 cm³/mol. The summed E-state index contributed by atoms with van der Waals surface area (Å²) in [5, 5.41) is 1.85. The van der Waals surface area contributed by atoms with Crippen LogP contribution in [0.2, 0.25) is 0 Å². The minimum Gasteiger partial charge on any atom is -0.481 e. The smallest absolute Gasteiger partial charge is 0.416 e. The molecule has 0 aliphatic rings. The molecule has 0 N–H and O–H groups in total. The predicted octanol–water partition coefficient (Wildman–Crippen LogP) is 6.78. The second-order valence-electron chi connectivity index (χ2n) is 7.17. The number of hydrogen-bond donors (Lipinski definition) is 1. The highest BCUT2D eigenvalue weighted by atomic mass is 32.2. The van der Waals surface area contributed by atoms with Crippen LogP contribution in [0.1, 0.15) is 18.1 Å². The van der Waals surface area contributed by atoms with Crippen molar-refractivity contribution >= 4 is 47.3 Å². The number of alkyl halides is 3. The normalized spacial score (nSPS) is 12.6. The molecule has 0 aromatic heterocycles. The number of methoxy groups -OCH3 is 1. The van der Waals surface area contributed by atoms with Gasteiger partial charge in [-0.25, -0.2) is 4.79 Å². The number of aliphatic imine (C=N–C) groups is 1. The summed E-state index contributed by atoms with van der Waals surface area (Å²) in [4.78, 5) is 17.5. The van der Waals surface area contributed by atoms with Gasteiger partial charge in [0.1, 0.15) is 5.75 Å². The zero-order chi connectivity index (χ0) is 24.7. The van der Waals surface area contributed by atoms with Crippen LogP contribution < -0.4 is 4.74 Å². The number of ether oxygens (including phenoxy) is 2. The van der Waals surface area contributed by atoms with E-state index in [9.17, 15) is 18.0 Å². The fourth-order valence-corrected chi connectivity index (χ4v) is 4.20. The molecule has 0 aliphatic carbocycles. The lowest BCUT2D eigenvalue weighted by Crippen LogP contribution is -2.12. The zero-order valence-electron chi connectivity index (χ0n) is 18.4. The van der Waals surface area contributed by atoms with E-state index in [0.29, 0.717) is 22.8 Å². The number of carbonyl (C=O) groups is 1. The van der Waals surface area contributed by atoms with Crippen LogP contribution >= 0.6 is 24.4 Å². The van der Waals surface area contributed by atoms with Gasteiger partial charge in [-0.2, -0.15) is 13.2 Å². The molecule has 3 aromatic rings. The Labute approximate surface area is 205 Å². The highest BCUT2D eigenvalue weighted by Crippen LogP contribution is 2.35. The summed E-state index contributed by atoms with van der Waals surface area (Å²) in [7, 11) is 1.31. The molecule has 0 spiro atoms. The molecule has 0 aliphatic heterocycles. The minimum absolute atomic E-state index is 0.174. The molecule has 0 radical (unpaired) electrons. The summed E-state index contributed by atoms with van der Waals surface area (Å²) in [6.07, 6.45) is -2.85. The van der Waals surface area contributed by atoms with Crippen LogP contribution in [0.3, 0.4) is 0 Å². The summed E-state index contributed by atoms with van der Waals surface area (Å²) < 4.78 is 48.3. The van der Waals surface area contributed by atoms with Gasteiger partial charge < -0.3 is 9.47 Å². The Morgan fingerprint density at radius 2 is 1.74 bits per heavy atom. The topological polar surface area (TPSA) is 47.9 Å². The third-order valence-electron chi connectivity index (χ3n) is 4.84. The zero-order valence-corrected chi connectivity index (χ0v) is 20.1. The summed E-state index contributed by atoms with van der Waals surface area (Å²) in [5.41, 5.74) is 0.532. The van der Waals surface area contributed by atoms with Crippen LogP contribution in [-0.2, 0) is 15.7 Å². The van der Waals surface area contributed by atoms with Crippen LogP contribution in [0.4, 0.5) is 13.2 Å². The molecule has 4 nitrogen and oxygen atoms in total. The minimum atomic E-state index is -4.36. The highest BCUT2D eigenvalue weighted by molar-refractivity contribution is 8.00. The number of rotatable bonds is 8. The maximum absolute atomic E-state index is 12.7. The molecular weight excluding hydrogens is 483 g/mol. The number of nitrogens with zero attached hydrogens (tertiary/aromatic N) is 1. The molecule has 0 atom stereocenters. The Morgan fingerprint density at radius 1 is 1.06 bits per heavy atom. The number of fused-ring (bicyclic) bond motifs is 1. The molecular formula is C25H22F3NO3S2. The van der Waals surface area contributed by atoms with E-state index in [2.05, 4.69) is 22.4 Å². The Bertz CT molecular complexity index is 1220. The third-order valence-corrected chi connectivity index (χ3v) is 6.64. The molecule has 3 aromatic carbocycles. The summed E-state index contributed by atoms with van der Waals surface area (Å²) in [5.74, 6) is 0.676. The van der Waals surface area contributed by atoms with E-state index in [-0.39, 0.29) is 6.61 Å². The maximum atomic E-state index is 12.7. The molecule has 0 fully saturated rings. The molecule has 0 saturated carbocycles. The number of halogens is 3. The van der Waals surface area contributed by atoms with Gasteiger partial charge >= 0.3 is 12.1 Å². The number of esters is 1. The van der Waals surface area contributed by atoms with Crippen molar-refractivity contribution in [1.82, 2.24) is 0 Å². The molecule has 34 heavy (non-hydrogen) atoms. The molecule has 0 unspecified atom stereocenters. The second kappa shape index (κ2) is 11.5. The van der Waals surface area contributed by atoms with Gasteiger partial charge in [-0.05, 0) is 42.1 Å². The van der Waals surface area contributed by atoms with Gasteiger partial charge in [0, 0.05) is 32.9 Å². The molecule has 3 rings (SSSR count). The van der Waals surface area contributed by atoms with Crippen LogP contribution in [0.25, 0.3) is 10.8 Å². The number of thiol groups is 1. The van der Waals surface area contributed by atoms with E-state index in [1.807, 2.05) is 36.4 Å². The van der Waals surface area contributed by atoms with Crippen molar-refractivity contribution in [1.29, 1.82) is 0 Å². The van der Waals surface area contributed by atoms with Crippen LogP contribution in [0.5, 0.6) is 5.75 Å². The fraction of sp³-hybridized carbons (Fsp3) is 0.200. The van der Waals surface area contributed by atoms with E-state index in [1.54, 1.807) is 18.7 Å². The number of thioether (sulfide) groups is 1. The van der Waals surface area contributed by atoms with Crippen molar-refractivity contribution in [2.24, 2.45) is 4.99 Å². The van der Waals surface area contributed by atoms with Crippen molar-refractivity contribution < 1.29 is 27.4 Å². The Balaban J connectivity index is 1.70. The SMILES string of the molecule is COC(=O)COc1ccc(SC/C(S)=C(\C)N=Cc2ccc(C(F)(F)F)cc2)c2ccccc12. The first-order valence-electron chi connectivity index (χ1n) is 10.1. The number of carbonyl (C=O) groups excluding carboxylic acids is 1. The second-order valence-corrected chi connectivity index (χ2v) is 8.73. The monoisotopic (exact) mass is 505 g/mol. The van der Waals surface area contributed by atoms with Crippen molar-refractivity contribution in [2.75, 3.05) is 19.5 Å². The Kier molecular flexibility index (Phi) is 8.68. The van der Waals surface area contributed by atoms with E-state index in [1.165, 1.54) is 25.5 Å². The van der Waals surface area contributed by atoms with Gasteiger partial charge in [-0.15, -0.1) is 24.4 Å². The first-order chi connectivity index (χ1) is 16.2. The van der Waals surface area contributed by atoms with Gasteiger partial charge in [0.15, 0.2) is 6.61 Å². The van der Waals surface area contributed by atoms with Crippen molar-refractivity contribution in [3.63, 3.8) is 0 Å². The van der Waals surface area contributed by atoms with E-state index >= 15 is 0 Å². The van der Waals surface area contributed by atoms with Crippen molar-refractivity contribution in [2.45, 2.75) is 18.0 Å². The van der Waals surface area contributed by atoms with Gasteiger partial charge in [-0.3, -0.25) is 4.99 Å². The fourth-order valence-electron chi connectivity index (χ4n) is 2.95. The average molecular weight is 506 g/mol. The standard InChI is InChI=1S/C25H22F3NO3S2/c1-16(29-13-17-7-9-18(10-8-17)25(26,27)28)22(33)15-34-23-12-11-21(32-14-24(30)31-2)19-5-3-4-6-20(19)23/h3-13,33H,14-15H2,1-2H3/b22-16-,29-13?. The van der Waals surface area contributed by atoms with Gasteiger partial charge in [0.25, 0.3) is 0 Å². The van der Waals surface area contributed by atoms with Crippen LogP contribution in [0, 0.1) is 0 Å². The molecule has 0 saturated heterocycles. The lowest BCUT2D eigenvalue weighted by atomic mass is 10.1. The van der Waals surface area contributed by atoms with Gasteiger partial charge in [0.2, 0.25) is 0 Å². The van der Waals surface area contributed by atoms with Crippen molar-refractivity contribution in [3.05, 3.63) is 82.4 Å². The van der Waals surface area contributed by atoms with Crippen LogP contribution in [0.15, 0.2) is 81.2 Å². The van der Waals surface area contributed by atoms with E-state index in [0.717, 1.165) is 32.7 Å². The summed E-state index contributed by atoms with van der Waals surface area (Å²) >= 11 is 6.13. The lowest BCUT2D eigenvalue weighted by molar-refractivity contribution is -0.143. The molecule has 0 bridgehead atoms. The first-order valence-corrected chi connectivity index (χ1v) is 11.6. The van der Waals surface area contributed by atoms with Gasteiger partial charge in [-0.1, -0.05) is 36.4 Å².